The second-order valence-corrected chi connectivity index (χ2v) is 2.98. The summed E-state index contributed by atoms with van der Waals surface area (Å²) in [6, 6.07) is 0. The van der Waals surface area contributed by atoms with Crippen LogP contribution in [0.4, 0.5) is 0 Å². The Kier molecular flexibility index (Phi) is 2.46. The fraction of sp³-hybridized carbons (Fsp3) is 0.200. The third-order valence-corrected chi connectivity index (χ3v) is 1.71. The molecule has 0 aromatic rings. The SMILES string of the molecule is C=C(C)/C=C\C1=CC(=O)N(C)C1=O. The van der Waals surface area contributed by atoms with Gasteiger partial charge in [0.15, 0.2) is 0 Å². The number of amides is 2. The van der Waals surface area contributed by atoms with Crippen molar-refractivity contribution in [2.24, 2.45) is 0 Å². The van der Waals surface area contributed by atoms with Crippen molar-refractivity contribution in [3.63, 3.8) is 0 Å². The van der Waals surface area contributed by atoms with E-state index in [9.17, 15) is 9.59 Å². The van der Waals surface area contributed by atoms with Gasteiger partial charge in [0, 0.05) is 18.7 Å². The Morgan fingerprint density at radius 1 is 1.54 bits per heavy atom. The summed E-state index contributed by atoms with van der Waals surface area (Å²) in [7, 11) is 1.46. The van der Waals surface area contributed by atoms with E-state index < -0.39 is 0 Å². The van der Waals surface area contributed by atoms with Crippen LogP contribution in [-0.2, 0) is 9.59 Å². The standard InChI is InChI=1S/C10H11NO2/c1-7(2)4-5-8-6-9(12)11(3)10(8)13/h4-6H,1H2,2-3H3/b5-4-. The van der Waals surface area contributed by atoms with E-state index in [1.807, 2.05) is 6.92 Å². The molecule has 0 atom stereocenters. The van der Waals surface area contributed by atoms with Crippen LogP contribution in [0.25, 0.3) is 0 Å². The summed E-state index contributed by atoms with van der Waals surface area (Å²) in [5, 5.41) is 0. The second-order valence-electron chi connectivity index (χ2n) is 2.98. The molecule has 0 bridgehead atoms. The number of rotatable bonds is 2. The quantitative estimate of drug-likeness (QED) is 0.467. The van der Waals surface area contributed by atoms with Gasteiger partial charge in [-0.1, -0.05) is 18.2 Å². The number of nitrogens with zero attached hydrogens (tertiary/aromatic N) is 1. The van der Waals surface area contributed by atoms with Crippen molar-refractivity contribution in [3.8, 4) is 0 Å². The fourth-order valence-corrected chi connectivity index (χ4v) is 0.937. The van der Waals surface area contributed by atoms with E-state index in [4.69, 9.17) is 0 Å². The highest BCUT2D eigenvalue weighted by atomic mass is 16.2. The lowest BCUT2D eigenvalue weighted by molar-refractivity contribution is -0.135. The van der Waals surface area contributed by atoms with E-state index in [0.717, 1.165) is 10.5 Å². The third-order valence-electron chi connectivity index (χ3n) is 1.71. The van der Waals surface area contributed by atoms with Gasteiger partial charge in [-0.3, -0.25) is 14.5 Å². The van der Waals surface area contributed by atoms with E-state index in [0.29, 0.717) is 5.57 Å². The topological polar surface area (TPSA) is 37.4 Å². The molecule has 0 saturated heterocycles. The summed E-state index contributed by atoms with van der Waals surface area (Å²) in [4.78, 5) is 23.4. The van der Waals surface area contributed by atoms with Gasteiger partial charge in [-0.25, -0.2) is 0 Å². The van der Waals surface area contributed by atoms with Crippen molar-refractivity contribution in [1.82, 2.24) is 4.90 Å². The smallest absolute Gasteiger partial charge is 0.260 e. The summed E-state index contributed by atoms with van der Waals surface area (Å²) >= 11 is 0. The highest BCUT2D eigenvalue weighted by Gasteiger charge is 2.25. The maximum Gasteiger partial charge on any atom is 0.260 e. The highest BCUT2D eigenvalue weighted by molar-refractivity contribution is 6.17. The zero-order valence-corrected chi connectivity index (χ0v) is 7.70. The number of likely N-dealkylation sites (N-methyl/N-ethyl adjacent to an activating group) is 1. The molecule has 1 heterocycles. The monoisotopic (exact) mass is 177 g/mol. The number of imide groups is 1. The van der Waals surface area contributed by atoms with Gasteiger partial charge in [0.2, 0.25) is 0 Å². The first kappa shape index (κ1) is 9.45. The number of hydrogen-bond donors (Lipinski definition) is 0. The molecule has 3 nitrogen and oxygen atoms in total. The molecule has 1 aliphatic rings. The Balaban J connectivity index is 2.84. The summed E-state index contributed by atoms with van der Waals surface area (Å²) in [6.45, 7) is 5.48. The average Bonchev–Trinajstić information content (AvgIpc) is 2.29. The minimum absolute atomic E-state index is 0.262. The molecule has 1 aliphatic heterocycles. The van der Waals surface area contributed by atoms with Crippen LogP contribution in [0, 0.1) is 0 Å². The Morgan fingerprint density at radius 3 is 2.54 bits per heavy atom. The van der Waals surface area contributed by atoms with Gasteiger partial charge in [-0.15, -0.1) is 0 Å². The molecule has 13 heavy (non-hydrogen) atoms. The third kappa shape index (κ3) is 1.93. The molecule has 0 aromatic carbocycles. The van der Waals surface area contributed by atoms with Gasteiger partial charge < -0.3 is 0 Å². The number of carbonyl (C=O) groups is 2. The average molecular weight is 177 g/mol. The molecule has 0 spiro atoms. The Morgan fingerprint density at radius 2 is 2.15 bits per heavy atom. The molecule has 3 heteroatoms. The van der Waals surface area contributed by atoms with Crippen molar-refractivity contribution in [1.29, 1.82) is 0 Å². The van der Waals surface area contributed by atoms with Crippen molar-refractivity contribution in [3.05, 3.63) is 36.0 Å². The van der Waals surface area contributed by atoms with Gasteiger partial charge in [0.25, 0.3) is 11.8 Å². The summed E-state index contributed by atoms with van der Waals surface area (Å²) in [5.41, 5.74) is 1.26. The van der Waals surface area contributed by atoms with Gasteiger partial charge in [0.1, 0.15) is 0 Å². The van der Waals surface area contributed by atoms with Gasteiger partial charge in [-0.05, 0) is 13.0 Å². The largest absolute Gasteiger partial charge is 0.278 e. The molecule has 0 radical (unpaired) electrons. The lowest BCUT2D eigenvalue weighted by Gasteiger charge is -2.04. The second kappa shape index (κ2) is 3.39. The van der Waals surface area contributed by atoms with Crippen molar-refractivity contribution in [2.45, 2.75) is 6.92 Å². The lowest BCUT2D eigenvalue weighted by Crippen LogP contribution is -2.25. The molecule has 0 N–H and O–H groups in total. The minimum atomic E-state index is -0.272. The van der Waals surface area contributed by atoms with Gasteiger partial charge in [-0.2, -0.15) is 0 Å². The van der Waals surface area contributed by atoms with Crippen LogP contribution < -0.4 is 0 Å². The van der Waals surface area contributed by atoms with Crippen LogP contribution in [0.5, 0.6) is 0 Å². The van der Waals surface area contributed by atoms with E-state index >= 15 is 0 Å². The predicted octanol–water partition coefficient (Wildman–Crippen LogP) is 1.04. The highest BCUT2D eigenvalue weighted by Crippen LogP contribution is 2.12. The molecule has 0 unspecified atom stereocenters. The van der Waals surface area contributed by atoms with Gasteiger partial charge in [0.05, 0.1) is 0 Å². The normalized spacial score (nSPS) is 17.1. The van der Waals surface area contributed by atoms with Gasteiger partial charge >= 0.3 is 0 Å². The molecular weight excluding hydrogens is 166 g/mol. The molecule has 0 aliphatic carbocycles. The minimum Gasteiger partial charge on any atom is -0.278 e. The summed E-state index contributed by atoms with van der Waals surface area (Å²) in [5.74, 6) is -0.533. The van der Waals surface area contributed by atoms with Crippen LogP contribution >= 0.6 is 0 Å². The Labute approximate surface area is 77.0 Å². The van der Waals surface area contributed by atoms with Crippen molar-refractivity contribution < 1.29 is 9.59 Å². The van der Waals surface area contributed by atoms with E-state index in [1.165, 1.54) is 13.1 Å². The molecule has 0 saturated carbocycles. The summed E-state index contributed by atoms with van der Waals surface area (Å²) < 4.78 is 0. The Bertz CT molecular complexity index is 337. The van der Waals surface area contributed by atoms with E-state index in [2.05, 4.69) is 6.58 Å². The first-order chi connectivity index (χ1) is 6.02. The number of hydrogen-bond acceptors (Lipinski definition) is 2. The zero-order chi connectivity index (χ0) is 10.0. The molecule has 0 aromatic heterocycles. The van der Waals surface area contributed by atoms with Crippen molar-refractivity contribution >= 4 is 11.8 Å². The molecule has 68 valence electrons. The molecule has 1 rings (SSSR count). The van der Waals surface area contributed by atoms with E-state index in [1.54, 1.807) is 12.2 Å². The van der Waals surface area contributed by atoms with E-state index in [-0.39, 0.29) is 11.8 Å². The fourth-order valence-electron chi connectivity index (χ4n) is 0.937. The van der Waals surface area contributed by atoms with Crippen LogP contribution in [0.1, 0.15) is 6.92 Å². The molecular formula is C10H11NO2. The molecule has 2 amide bonds. The van der Waals surface area contributed by atoms with Crippen LogP contribution in [-0.4, -0.2) is 23.8 Å². The first-order valence-electron chi connectivity index (χ1n) is 3.89. The number of allylic oxidation sites excluding steroid dienone is 2. The number of carbonyl (C=O) groups excluding carboxylic acids is 2. The summed E-state index contributed by atoms with van der Waals surface area (Å²) in [6.07, 6.45) is 4.63. The van der Waals surface area contributed by atoms with Crippen LogP contribution in [0.3, 0.4) is 0 Å². The molecule has 0 fully saturated rings. The Hall–Kier alpha value is -1.64. The zero-order valence-electron chi connectivity index (χ0n) is 7.70. The first-order valence-corrected chi connectivity index (χ1v) is 3.89. The van der Waals surface area contributed by atoms with Crippen LogP contribution in [0.15, 0.2) is 36.0 Å². The maximum atomic E-state index is 11.3. The van der Waals surface area contributed by atoms with Crippen LogP contribution in [0.2, 0.25) is 0 Å². The maximum absolute atomic E-state index is 11.3. The van der Waals surface area contributed by atoms with Crippen molar-refractivity contribution in [2.75, 3.05) is 7.05 Å². The lowest BCUT2D eigenvalue weighted by atomic mass is 10.2. The predicted molar refractivity (Wildman–Crippen MR) is 49.8 cm³/mol.